The zero-order chi connectivity index (χ0) is 13.4. The summed E-state index contributed by atoms with van der Waals surface area (Å²) in [6.45, 7) is 0. The van der Waals surface area contributed by atoms with Crippen molar-refractivity contribution in [2.24, 2.45) is 0 Å². The number of aromatic amines is 1. The standard InChI is InChI=1S/C12H10N4O3/c1-19-9-3-2-7(12(17)18)11-8(9)5-16(15-11)10-4-13-6-14-10/h2-6H,1H3,(H,13,14)(H,17,18). The van der Waals surface area contributed by atoms with Crippen molar-refractivity contribution in [3.8, 4) is 11.6 Å². The molecule has 0 saturated carbocycles. The van der Waals surface area contributed by atoms with Crippen LogP contribution in [0.3, 0.4) is 0 Å². The largest absolute Gasteiger partial charge is 0.496 e. The van der Waals surface area contributed by atoms with Crippen molar-refractivity contribution in [2.75, 3.05) is 7.11 Å². The summed E-state index contributed by atoms with van der Waals surface area (Å²) in [6, 6.07) is 3.10. The summed E-state index contributed by atoms with van der Waals surface area (Å²) in [5, 5.41) is 14.1. The van der Waals surface area contributed by atoms with Gasteiger partial charge in [-0.3, -0.25) is 0 Å². The van der Waals surface area contributed by atoms with E-state index in [9.17, 15) is 9.90 Å². The molecule has 2 N–H and O–H groups in total. The number of hydrogen-bond donors (Lipinski definition) is 2. The average molecular weight is 258 g/mol. The number of methoxy groups -OCH3 is 1. The lowest BCUT2D eigenvalue weighted by molar-refractivity contribution is 0.0699. The summed E-state index contributed by atoms with van der Waals surface area (Å²) in [5.41, 5.74) is 0.510. The highest BCUT2D eigenvalue weighted by atomic mass is 16.5. The number of fused-ring (bicyclic) bond motifs is 1. The number of nitrogens with zero attached hydrogens (tertiary/aromatic N) is 3. The maximum Gasteiger partial charge on any atom is 0.337 e. The molecule has 0 bridgehead atoms. The number of carboxylic acid groups (broad SMARTS) is 1. The number of carbonyl (C=O) groups is 1. The molecule has 3 rings (SSSR count). The Bertz CT molecular complexity index is 746. The predicted molar refractivity (Wildman–Crippen MR) is 66.7 cm³/mol. The Hall–Kier alpha value is -2.83. The number of ether oxygens (including phenoxy) is 1. The summed E-state index contributed by atoms with van der Waals surface area (Å²) in [6.07, 6.45) is 4.82. The molecule has 0 amide bonds. The van der Waals surface area contributed by atoms with Crippen molar-refractivity contribution >= 4 is 16.9 Å². The zero-order valence-electron chi connectivity index (χ0n) is 9.99. The van der Waals surface area contributed by atoms with E-state index >= 15 is 0 Å². The van der Waals surface area contributed by atoms with Gasteiger partial charge in [-0.05, 0) is 12.1 Å². The number of carboxylic acids is 1. The fourth-order valence-corrected chi connectivity index (χ4v) is 1.93. The number of H-pyrrole nitrogens is 1. The van der Waals surface area contributed by atoms with Crippen molar-refractivity contribution < 1.29 is 14.6 Å². The van der Waals surface area contributed by atoms with Crippen LogP contribution in [0.2, 0.25) is 0 Å². The van der Waals surface area contributed by atoms with Gasteiger partial charge in [0.15, 0.2) is 5.82 Å². The summed E-state index contributed by atoms with van der Waals surface area (Å²) in [4.78, 5) is 18.0. The molecule has 2 heterocycles. The first-order valence-electron chi connectivity index (χ1n) is 5.49. The summed E-state index contributed by atoms with van der Waals surface area (Å²) < 4.78 is 6.76. The van der Waals surface area contributed by atoms with Crippen molar-refractivity contribution in [1.82, 2.24) is 19.7 Å². The second-order valence-corrected chi connectivity index (χ2v) is 3.89. The Labute approximate surface area is 107 Å². The molecule has 0 aliphatic carbocycles. The zero-order valence-corrected chi connectivity index (χ0v) is 9.99. The number of aromatic nitrogens is 4. The van der Waals surface area contributed by atoms with Crippen LogP contribution in [0.1, 0.15) is 10.4 Å². The van der Waals surface area contributed by atoms with E-state index in [2.05, 4.69) is 15.1 Å². The molecule has 0 saturated heterocycles. The van der Waals surface area contributed by atoms with Gasteiger partial charge < -0.3 is 14.8 Å². The van der Waals surface area contributed by atoms with Gasteiger partial charge in [0, 0.05) is 6.20 Å². The van der Waals surface area contributed by atoms with Gasteiger partial charge in [-0.25, -0.2) is 14.5 Å². The Morgan fingerprint density at radius 3 is 2.95 bits per heavy atom. The lowest BCUT2D eigenvalue weighted by Crippen LogP contribution is -1.99. The number of nitrogens with one attached hydrogen (secondary N) is 1. The average Bonchev–Trinajstić information content (AvgIpc) is 3.05. The van der Waals surface area contributed by atoms with E-state index < -0.39 is 5.97 Å². The second kappa shape index (κ2) is 4.13. The van der Waals surface area contributed by atoms with E-state index in [-0.39, 0.29) is 5.56 Å². The van der Waals surface area contributed by atoms with Gasteiger partial charge in [-0.1, -0.05) is 0 Å². The predicted octanol–water partition coefficient (Wildman–Crippen LogP) is 1.46. The molecule has 0 aliphatic rings. The highest BCUT2D eigenvalue weighted by Gasteiger charge is 2.16. The number of rotatable bonds is 3. The highest BCUT2D eigenvalue weighted by molar-refractivity contribution is 6.03. The second-order valence-electron chi connectivity index (χ2n) is 3.89. The number of aromatic carboxylic acids is 1. The van der Waals surface area contributed by atoms with Crippen LogP contribution in [0.5, 0.6) is 5.75 Å². The van der Waals surface area contributed by atoms with E-state index in [0.717, 1.165) is 0 Å². The quantitative estimate of drug-likeness (QED) is 0.741. The van der Waals surface area contributed by atoms with Gasteiger partial charge in [0.05, 0.1) is 30.6 Å². The molecule has 0 fully saturated rings. The molecule has 0 spiro atoms. The van der Waals surface area contributed by atoms with Gasteiger partial charge in [-0.15, -0.1) is 0 Å². The van der Waals surface area contributed by atoms with Crippen molar-refractivity contribution in [3.05, 3.63) is 36.4 Å². The van der Waals surface area contributed by atoms with Gasteiger partial charge in [-0.2, -0.15) is 5.10 Å². The Balaban J connectivity index is 2.30. The molecule has 1 aromatic carbocycles. The van der Waals surface area contributed by atoms with E-state index in [1.54, 1.807) is 18.5 Å². The Morgan fingerprint density at radius 2 is 2.32 bits per heavy atom. The van der Waals surface area contributed by atoms with Crippen LogP contribution >= 0.6 is 0 Å². The fraction of sp³-hybridized carbons (Fsp3) is 0.0833. The molecule has 96 valence electrons. The monoisotopic (exact) mass is 258 g/mol. The molecule has 7 nitrogen and oxygen atoms in total. The topological polar surface area (TPSA) is 93.0 Å². The molecular weight excluding hydrogens is 248 g/mol. The first-order chi connectivity index (χ1) is 9.20. The number of imidazole rings is 1. The first kappa shape index (κ1) is 11.3. The van der Waals surface area contributed by atoms with Crippen molar-refractivity contribution in [1.29, 1.82) is 0 Å². The molecule has 19 heavy (non-hydrogen) atoms. The number of benzene rings is 1. The molecule has 0 atom stereocenters. The smallest absolute Gasteiger partial charge is 0.337 e. The minimum atomic E-state index is -1.03. The third-order valence-electron chi connectivity index (χ3n) is 2.82. The normalized spacial score (nSPS) is 10.8. The lowest BCUT2D eigenvalue weighted by atomic mass is 10.1. The van der Waals surface area contributed by atoms with Crippen molar-refractivity contribution in [3.63, 3.8) is 0 Å². The lowest BCUT2D eigenvalue weighted by Gasteiger charge is -2.01. The first-order valence-corrected chi connectivity index (χ1v) is 5.49. The van der Waals surface area contributed by atoms with Crippen molar-refractivity contribution in [2.45, 2.75) is 0 Å². The minimum Gasteiger partial charge on any atom is -0.496 e. The minimum absolute atomic E-state index is 0.133. The van der Waals surface area contributed by atoms with E-state index in [4.69, 9.17) is 4.74 Å². The SMILES string of the molecule is COc1ccc(C(=O)O)c2nn(-c3cnc[nH]3)cc12. The van der Waals surface area contributed by atoms with Crippen LogP contribution in [-0.4, -0.2) is 37.9 Å². The van der Waals surface area contributed by atoms with E-state index in [1.807, 2.05) is 0 Å². The van der Waals surface area contributed by atoms with Crippen LogP contribution in [-0.2, 0) is 0 Å². The van der Waals surface area contributed by atoms with Gasteiger partial charge >= 0.3 is 5.97 Å². The van der Waals surface area contributed by atoms with Crippen LogP contribution in [0, 0.1) is 0 Å². The maximum absolute atomic E-state index is 11.2. The molecular formula is C12H10N4O3. The van der Waals surface area contributed by atoms with Gasteiger partial charge in [0.25, 0.3) is 0 Å². The molecule has 2 aromatic heterocycles. The highest BCUT2D eigenvalue weighted by Crippen LogP contribution is 2.28. The summed E-state index contributed by atoms with van der Waals surface area (Å²) in [5.74, 6) is 0.197. The van der Waals surface area contributed by atoms with Gasteiger partial charge in [0.1, 0.15) is 11.3 Å². The number of hydrogen-bond acceptors (Lipinski definition) is 4. The molecule has 0 aliphatic heterocycles. The van der Waals surface area contributed by atoms with E-state index in [1.165, 1.54) is 24.2 Å². The molecule has 7 heteroatoms. The van der Waals surface area contributed by atoms with Crippen LogP contribution in [0.4, 0.5) is 0 Å². The Kier molecular flexibility index (Phi) is 2.45. The van der Waals surface area contributed by atoms with Gasteiger partial charge in [0.2, 0.25) is 0 Å². The fourth-order valence-electron chi connectivity index (χ4n) is 1.93. The third-order valence-corrected chi connectivity index (χ3v) is 2.82. The van der Waals surface area contributed by atoms with Crippen LogP contribution < -0.4 is 4.74 Å². The summed E-state index contributed by atoms with van der Waals surface area (Å²) >= 11 is 0. The molecule has 0 unspecified atom stereocenters. The Morgan fingerprint density at radius 1 is 1.47 bits per heavy atom. The maximum atomic E-state index is 11.2. The summed E-state index contributed by atoms with van der Waals surface area (Å²) in [7, 11) is 1.53. The third kappa shape index (κ3) is 1.71. The molecule has 3 aromatic rings. The molecule has 0 radical (unpaired) electrons. The van der Waals surface area contributed by atoms with Crippen LogP contribution in [0.15, 0.2) is 30.9 Å². The van der Waals surface area contributed by atoms with E-state index in [0.29, 0.717) is 22.5 Å². The van der Waals surface area contributed by atoms with Crippen LogP contribution in [0.25, 0.3) is 16.7 Å².